The number of benzene rings is 1. The van der Waals surface area contributed by atoms with E-state index in [-0.39, 0.29) is 18.1 Å². The van der Waals surface area contributed by atoms with Crippen molar-refractivity contribution in [3.63, 3.8) is 0 Å². The largest absolute Gasteiger partial charge is 0.480 e. The van der Waals surface area contributed by atoms with E-state index in [1.54, 1.807) is 6.92 Å². The van der Waals surface area contributed by atoms with Gasteiger partial charge in [-0.15, -0.1) is 0 Å². The van der Waals surface area contributed by atoms with E-state index >= 15 is 0 Å². The Hall–Kier alpha value is -2.34. The Morgan fingerprint density at radius 2 is 2.04 bits per heavy atom. The van der Waals surface area contributed by atoms with Gasteiger partial charge in [-0.2, -0.15) is 0 Å². The maximum Gasteiger partial charge on any atom is 0.339 e. The number of rotatable bonds is 6. The standard InChI is InChI=1S/C20H25NO5/c1-12-10-16(25-13(2)19(23)21-8-5-9-22)18-14-6-3-4-7-15(14)20(24)26-17(18)11-12/h10-11,13,22H,3-9H2,1-2H3,(H,21,23)/t13-/m0/s1. The number of nitrogens with one attached hydrogen (secondary N) is 1. The van der Waals surface area contributed by atoms with Gasteiger partial charge < -0.3 is 19.6 Å². The maximum atomic E-state index is 12.3. The second kappa shape index (κ2) is 7.91. The van der Waals surface area contributed by atoms with Crippen molar-refractivity contribution < 1.29 is 19.1 Å². The molecule has 0 bridgehead atoms. The lowest BCUT2D eigenvalue weighted by Gasteiger charge is -2.21. The molecule has 0 unspecified atom stereocenters. The molecule has 0 fully saturated rings. The summed E-state index contributed by atoms with van der Waals surface area (Å²) in [5, 5.41) is 12.4. The molecule has 26 heavy (non-hydrogen) atoms. The number of aryl methyl sites for hydroxylation is 2. The SMILES string of the molecule is Cc1cc(O[C@@H](C)C(=O)NCCCO)c2c3c(c(=O)oc2c1)CCCC3. The number of fused-ring (bicyclic) bond motifs is 3. The van der Waals surface area contributed by atoms with Crippen molar-refractivity contribution in [2.45, 2.75) is 52.1 Å². The Bertz CT molecular complexity index is 871. The van der Waals surface area contributed by atoms with Crippen molar-refractivity contribution in [1.29, 1.82) is 0 Å². The van der Waals surface area contributed by atoms with Gasteiger partial charge >= 0.3 is 5.63 Å². The van der Waals surface area contributed by atoms with Crippen LogP contribution in [0, 0.1) is 6.92 Å². The minimum atomic E-state index is -0.690. The average molecular weight is 359 g/mol. The van der Waals surface area contributed by atoms with Crippen LogP contribution in [0.5, 0.6) is 5.75 Å². The van der Waals surface area contributed by atoms with Crippen LogP contribution in [-0.4, -0.2) is 30.3 Å². The molecule has 1 heterocycles. The summed E-state index contributed by atoms with van der Waals surface area (Å²) in [7, 11) is 0. The summed E-state index contributed by atoms with van der Waals surface area (Å²) in [5.41, 5.74) is 2.87. The molecule has 2 aromatic rings. The highest BCUT2D eigenvalue weighted by Crippen LogP contribution is 2.35. The Morgan fingerprint density at radius 3 is 2.77 bits per heavy atom. The topological polar surface area (TPSA) is 88.8 Å². The molecule has 0 saturated heterocycles. The third-order valence-electron chi connectivity index (χ3n) is 4.74. The summed E-state index contributed by atoms with van der Waals surface area (Å²) in [5.74, 6) is 0.339. The number of hydrogen-bond acceptors (Lipinski definition) is 5. The minimum absolute atomic E-state index is 0.0310. The van der Waals surface area contributed by atoms with E-state index in [4.69, 9.17) is 14.3 Å². The lowest BCUT2D eigenvalue weighted by atomic mass is 9.90. The fourth-order valence-corrected chi connectivity index (χ4v) is 3.44. The van der Waals surface area contributed by atoms with E-state index in [1.807, 2.05) is 19.1 Å². The van der Waals surface area contributed by atoms with Crippen LogP contribution in [0.25, 0.3) is 11.0 Å². The summed E-state index contributed by atoms with van der Waals surface area (Å²) in [4.78, 5) is 24.5. The second-order valence-electron chi connectivity index (χ2n) is 6.82. The molecule has 1 atom stereocenters. The lowest BCUT2D eigenvalue weighted by molar-refractivity contribution is -0.127. The van der Waals surface area contributed by atoms with Gasteiger partial charge in [-0.05, 0) is 69.2 Å². The van der Waals surface area contributed by atoms with Gasteiger partial charge in [-0.25, -0.2) is 4.79 Å². The predicted octanol–water partition coefficient (Wildman–Crippen LogP) is 2.25. The van der Waals surface area contributed by atoms with Crippen LogP contribution in [0.2, 0.25) is 0 Å². The van der Waals surface area contributed by atoms with E-state index < -0.39 is 6.10 Å². The van der Waals surface area contributed by atoms with Crippen LogP contribution in [0.1, 0.15) is 42.9 Å². The number of ether oxygens (including phenoxy) is 1. The number of amides is 1. The van der Waals surface area contributed by atoms with Gasteiger partial charge in [0.2, 0.25) is 0 Å². The Morgan fingerprint density at radius 1 is 1.31 bits per heavy atom. The van der Waals surface area contributed by atoms with Crippen LogP contribution < -0.4 is 15.7 Å². The summed E-state index contributed by atoms with van der Waals surface area (Å²) in [6.07, 6.45) is 3.35. The van der Waals surface area contributed by atoms with Gasteiger partial charge in [0.25, 0.3) is 5.91 Å². The summed E-state index contributed by atoms with van der Waals surface area (Å²) in [6.45, 7) is 4.02. The molecular weight excluding hydrogens is 334 g/mol. The zero-order valence-corrected chi connectivity index (χ0v) is 15.3. The number of carbonyl (C=O) groups is 1. The van der Waals surface area contributed by atoms with Crippen LogP contribution in [0.3, 0.4) is 0 Å². The van der Waals surface area contributed by atoms with E-state index in [0.29, 0.717) is 24.3 Å². The molecule has 0 radical (unpaired) electrons. The third-order valence-corrected chi connectivity index (χ3v) is 4.74. The molecule has 0 aliphatic heterocycles. The molecule has 1 aliphatic rings. The first-order chi connectivity index (χ1) is 12.5. The van der Waals surface area contributed by atoms with Crippen molar-refractivity contribution in [2.75, 3.05) is 13.2 Å². The molecule has 1 aliphatic carbocycles. The van der Waals surface area contributed by atoms with Crippen LogP contribution in [-0.2, 0) is 17.6 Å². The van der Waals surface area contributed by atoms with Crippen LogP contribution in [0.4, 0.5) is 0 Å². The Balaban J connectivity index is 1.97. The second-order valence-corrected chi connectivity index (χ2v) is 6.82. The van der Waals surface area contributed by atoms with Gasteiger partial charge in [-0.1, -0.05) is 0 Å². The van der Waals surface area contributed by atoms with Crippen molar-refractivity contribution in [1.82, 2.24) is 5.32 Å². The zero-order valence-electron chi connectivity index (χ0n) is 15.3. The number of carbonyl (C=O) groups excluding carboxylic acids is 1. The molecule has 1 aromatic heterocycles. The molecule has 3 rings (SSSR count). The van der Waals surface area contributed by atoms with Gasteiger partial charge in [0.15, 0.2) is 6.10 Å². The summed E-state index contributed by atoms with van der Waals surface area (Å²) < 4.78 is 11.5. The number of aliphatic hydroxyl groups is 1. The van der Waals surface area contributed by atoms with Gasteiger partial charge in [0.1, 0.15) is 11.3 Å². The fraction of sp³-hybridized carbons (Fsp3) is 0.500. The van der Waals surface area contributed by atoms with E-state index in [1.165, 1.54) is 0 Å². The monoisotopic (exact) mass is 359 g/mol. The summed E-state index contributed by atoms with van der Waals surface area (Å²) >= 11 is 0. The number of aliphatic hydroxyl groups excluding tert-OH is 1. The van der Waals surface area contributed by atoms with Crippen molar-refractivity contribution in [2.24, 2.45) is 0 Å². The molecule has 2 N–H and O–H groups in total. The predicted molar refractivity (Wildman–Crippen MR) is 98.7 cm³/mol. The first kappa shape index (κ1) is 18.5. The highest BCUT2D eigenvalue weighted by Gasteiger charge is 2.23. The van der Waals surface area contributed by atoms with Crippen molar-refractivity contribution in [3.05, 3.63) is 39.2 Å². The first-order valence-corrected chi connectivity index (χ1v) is 9.15. The van der Waals surface area contributed by atoms with Crippen LogP contribution in [0.15, 0.2) is 21.3 Å². The van der Waals surface area contributed by atoms with Crippen molar-refractivity contribution >= 4 is 16.9 Å². The van der Waals surface area contributed by atoms with Crippen LogP contribution >= 0.6 is 0 Å². The molecular formula is C20H25NO5. The maximum absolute atomic E-state index is 12.3. The van der Waals surface area contributed by atoms with E-state index in [2.05, 4.69) is 5.32 Å². The molecule has 6 heteroatoms. The Labute approximate surface area is 152 Å². The first-order valence-electron chi connectivity index (χ1n) is 9.15. The summed E-state index contributed by atoms with van der Waals surface area (Å²) in [6, 6.07) is 3.72. The molecule has 1 amide bonds. The highest BCUT2D eigenvalue weighted by molar-refractivity contribution is 5.89. The zero-order chi connectivity index (χ0) is 18.7. The quantitative estimate of drug-likeness (QED) is 0.610. The van der Waals surface area contributed by atoms with Gasteiger partial charge in [-0.3, -0.25) is 4.79 Å². The molecule has 1 aromatic carbocycles. The smallest absolute Gasteiger partial charge is 0.339 e. The van der Waals surface area contributed by atoms with Gasteiger partial charge in [0, 0.05) is 18.7 Å². The normalized spacial score (nSPS) is 14.7. The lowest BCUT2D eigenvalue weighted by Crippen LogP contribution is -2.37. The van der Waals surface area contributed by atoms with E-state index in [0.717, 1.165) is 47.8 Å². The molecule has 140 valence electrons. The average Bonchev–Trinajstić information content (AvgIpc) is 2.61. The minimum Gasteiger partial charge on any atom is -0.480 e. The molecule has 0 spiro atoms. The Kier molecular flexibility index (Phi) is 5.61. The molecule has 6 nitrogen and oxygen atoms in total. The fourth-order valence-electron chi connectivity index (χ4n) is 3.44. The van der Waals surface area contributed by atoms with Crippen molar-refractivity contribution in [3.8, 4) is 5.75 Å². The molecule has 0 saturated carbocycles. The highest BCUT2D eigenvalue weighted by atomic mass is 16.5. The van der Waals surface area contributed by atoms with Gasteiger partial charge in [0.05, 0.1) is 5.39 Å². The number of hydrogen-bond donors (Lipinski definition) is 2. The third kappa shape index (κ3) is 3.75. The van der Waals surface area contributed by atoms with E-state index in [9.17, 15) is 9.59 Å².